The topological polar surface area (TPSA) is 84.6 Å². The zero-order valence-electron chi connectivity index (χ0n) is 17.0. The molecule has 0 saturated heterocycles. The fourth-order valence-electron chi connectivity index (χ4n) is 3.43. The molecule has 0 spiro atoms. The van der Waals surface area contributed by atoms with Crippen molar-refractivity contribution in [3.63, 3.8) is 0 Å². The third-order valence-corrected chi connectivity index (χ3v) is 5.77. The molecule has 4 rings (SSSR count). The highest BCUT2D eigenvalue weighted by Gasteiger charge is 2.19. The predicted molar refractivity (Wildman–Crippen MR) is 118 cm³/mol. The van der Waals surface area contributed by atoms with Gasteiger partial charge in [0.1, 0.15) is 17.1 Å². The first-order chi connectivity index (χ1) is 14.5. The first-order valence-corrected chi connectivity index (χ1v) is 10.4. The number of phenolic OH excluding ortho intramolecular Hbond substituents is 1. The molecule has 0 aliphatic rings. The molecule has 4 aromatic rings. The Morgan fingerprint density at radius 3 is 2.60 bits per heavy atom. The molecule has 0 atom stereocenters. The lowest BCUT2D eigenvalue weighted by Gasteiger charge is -2.14. The molecule has 6 nitrogen and oxygen atoms in total. The maximum atomic E-state index is 12.0. The summed E-state index contributed by atoms with van der Waals surface area (Å²) in [6, 6.07) is 11.1. The van der Waals surface area contributed by atoms with Crippen LogP contribution in [-0.4, -0.2) is 17.2 Å². The van der Waals surface area contributed by atoms with Crippen molar-refractivity contribution in [2.45, 2.75) is 26.9 Å². The number of aryl methyl sites for hydroxylation is 2. The van der Waals surface area contributed by atoms with E-state index in [-0.39, 0.29) is 5.75 Å². The van der Waals surface area contributed by atoms with Crippen LogP contribution >= 0.6 is 11.3 Å². The lowest BCUT2D eigenvalue weighted by atomic mass is 9.99. The Bertz CT molecular complexity index is 1260. The van der Waals surface area contributed by atoms with Crippen LogP contribution in [0.5, 0.6) is 11.5 Å². The highest BCUT2D eigenvalue weighted by Crippen LogP contribution is 2.38. The smallest absolute Gasteiger partial charge is 0.336 e. The number of rotatable bonds is 6. The van der Waals surface area contributed by atoms with Gasteiger partial charge in [0.25, 0.3) is 0 Å². The molecule has 0 bridgehead atoms. The van der Waals surface area contributed by atoms with Crippen molar-refractivity contribution in [2.75, 3.05) is 7.11 Å². The van der Waals surface area contributed by atoms with E-state index in [0.29, 0.717) is 35.5 Å². The van der Waals surface area contributed by atoms with Gasteiger partial charge in [0.2, 0.25) is 0 Å². The first kappa shape index (κ1) is 20.1. The van der Waals surface area contributed by atoms with E-state index in [2.05, 4.69) is 10.3 Å². The van der Waals surface area contributed by atoms with Crippen LogP contribution < -0.4 is 15.7 Å². The Kier molecular flexibility index (Phi) is 5.57. The predicted octanol–water partition coefficient (Wildman–Crippen LogP) is 4.54. The quantitative estimate of drug-likeness (QED) is 0.444. The van der Waals surface area contributed by atoms with Crippen LogP contribution in [0.1, 0.15) is 21.7 Å². The summed E-state index contributed by atoms with van der Waals surface area (Å²) in [6.07, 6.45) is 0. The van der Waals surface area contributed by atoms with Crippen LogP contribution in [0.2, 0.25) is 0 Å². The van der Waals surface area contributed by atoms with Gasteiger partial charge >= 0.3 is 5.63 Å². The number of ether oxygens (including phenoxy) is 1. The van der Waals surface area contributed by atoms with E-state index in [9.17, 15) is 9.90 Å². The molecular formula is C23H22N2O4S. The van der Waals surface area contributed by atoms with E-state index in [4.69, 9.17) is 9.15 Å². The molecule has 7 heteroatoms. The van der Waals surface area contributed by atoms with Crippen molar-refractivity contribution < 1.29 is 14.3 Å². The molecule has 0 amide bonds. The number of phenols is 1. The molecule has 2 N–H and O–H groups in total. The zero-order valence-corrected chi connectivity index (χ0v) is 17.8. The summed E-state index contributed by atoms with van der Waals surface area (Å²) in [7, 11) is 1.63. The van der Waals surface area contributed by atoms with Gasteiger partial charge in [-0.2, -0.15) is 0 Å². The maximum Gasteiger partial charge on any atom is 0.336 e. The van der Waals surface area contributed by atoms with Crippen LogP contribution in [-0.2, 0) is 13.1 Å². The van der Waals surface area contributed by atoms with Crippen molar-refractivity contribution in [3.8, 4) is 22.8 Å². The second-order valence-electron chi connectivity index (χ2n) is 7.08. The first-order valence-electron chi connectivity index (χ1n) is 9.51. The summed E-state index contributed by atoms with van der Waals surface area (Å²) in [6.45, 7) is 4.70. The van der Waals surface area contributed by atoms with Crippen molar-refractivity contribution in [1.29, 1.82) is 0 Å². The number of nitrogens with one attached hydrogen (secondary N) is 1. The van der Waals surface area contributed by atoms with Gasteiger partial charge in [-0.15, -0.1) is 11.3 Å². The number of hydrogen-bond acceptors (Lipinski definition) is 7. The fraction of sp³-hybridized carbons (Fsp3) is 0.217. The SMILES string of the molecule is COc1ccc(CNCc2c(O)c(-c3csc(C)n3)cc3c(C)cc(=O)oc23)cc1. The number of thiazole rings is 1. The van der Waals surface area contributed by atoms with Crippen molar-refractivity contribution in [2.24, 2.45) is 0 Å². The van der Waals surface area contributed by atoms with Gasteiger partial charge in [-0.05, 0) is 43.2 Å². The molecule has 0 unspecified atom stereocenters. The molecule has 0 aliphatic heterocycles. The minimum absolute atomic E-state index is 0.0729. The third-order valence-electron chi connectivity index (χ3n) is 5.00. The Balaban J connectivity index is 1.72. The van der Waals surface area contributed by atoms with Crippen molar-refractivity contribution >= 4 is 22.3 Å². The molecule has 154 valence electrons. The minimum Gasteiger partial charge on any atom is -0.507 e. The zero-order chi connectivity index (χ0) is 21.3. The number of aromatic nitrogens is 1. The van der Waals surface area contributed by atoms with E-state index in [1.54, 1.807) is 7.11 Å². The summed E-state index contributed by atoms with van der Waals surface area (Å²) in [5, 5.41) is 18.0. The van der Waals surface area contributed by atoms with Crippen LogP contribution in [0.4, 0.5) is 0 Å². The van der Waals surface area contributed by atoms with Crippen LogP contribution in [0.25, 0.3) is 22.2 Å². The monoisotopic (exact) mass is 422 g/mol. The number of nitrogens with zero attached hydrogens (tertiary/aromatic N) is 1. The lowest BCUT2D eigenvalue weighted by molar-refractivity contribution is 0.414. The molecule has 2 aromatic carbocycles. The minimum atomic E-state index is -0.437. The highest BCUT2D eigenvalue weighted by molar-refractivity contribution is 7.09. The van der Waals surface area contributed by atoms with Gasteiger partial charge in [-0.1, -0.05) is 12.1 Å². The summed E-state index contributed by atoms with van der Waals surface area (Å²) in [5.41, 5.74) is 3.71. The summed E-state index contributed by atoms with van der Waals surface area (Å²) in [4.78, 5) is 16.5. The normalized spacial score (nSPS) is 11.2. The highest BCUT2D eigenvalue weighted by atomic mass is 32.1. The van der Waals surface area contributed by atoms with E-state index >= 15 is 0 Å². The summed E-state index contributed by atoms with van der Waals surface area (Å²) >= 11 is 1.52. The summed E-state index contributed by atoms with van der Waals surface area (Å²) < 4.78 is 10.7. The second-order valence-corrected chi connectivity index (χ2v) is 8.14. The number of hydrogen-bond donors (Lipinski definition) is 2. The fourth-order valence-corrected chi connectivity index (χ4v) is 4.04. The van der Waals surface area contributed by atoms with E-state index in [1.165, 1.54) is 17.4 Å². The molecule has 0 saturated carbocycles. The molecule has 30 heavy (non-hydrogen) atoms. The summed E-state index contributed by atoms with van der Waals surface area (Å²) in [5.74, 6) is 0.870. The van der Waals surface area contributed by atoms with E-state index < -0.39 is 5.63 Å². The van der Waals surface area contributed by atoms with Gasteiger partial charge in [-0.25, -0.2) is 9.78 Å². The molecule has 2 heterocycles. The van der Waals surface area contributed by atoms with E-state index in [0.717, 1.165) is 27.3 Å². The standard InChI is InChI=1S/C23H22N2O4S/c1-13-8-21(26)29-23-17(13)9-18(20-12-30-14(2)25-20)22(27)19(23)11-24-10-15-4-6-16(28-3)7-5-15/h4-9,12,24,27H,10-11H2,1-3H3. The van der Waals surface area contributed by atoms with Crippen molar-refractivity contribution in [1.82, 2.24) is 10.3 Å². The molecule has 0 fully saturated rings. The number of aromatic hydroxyl groups is 1. The molecule has 0 radical (unpaired) electrons. The van der Waals surface area contributed by atoms with Gasteiger partial charge in [0, 0.05) is 35.5 Å². The van der Waals surface area contributed by atoms with E-state index in [1.807, 2.05) is 49.6 Å². The number of benzene rings is 2. The van der Waals surface area contributed by atoms with Crippen molar-refractivity contribution in [3.05, 3.63) is 73.9 Å². The average molecular weight is 423 g/mol. The Morgan fingerprint density at radius 1 is 1.17 bits per heavy atom. The van der Waals surface area contributed by atoms with Gasteiger partial charge in [-0.3, -0.25) is 0 Å². The average Bonchev–Trinajstić information content (AvgIpc) is 3.16. The van der Waals surface area contributed by atoms with Crippen LogP contribution in [0.15, 0.2) is 51.0 Å². The Morgan fingerprint density at radius 2 is 1.93 bits per heavy atom. The Hall–Kier alpha value is -3.16. The number of fused-ring (bicyclic) bond motifs is 1. The largest absolute Gasteiger partial charge is 0.507 e. The molecule has 0 aliphatic carbocycles. The second kappa shape index (κ2) is 8.30. The van der Waals surface area contributed by atoms with Crippen LogP contribution in [0.3, 0.4) is 0 Å². The van der Waals surface area contributed by atoms with Gasteiger partial charge in [0.05, 0.1) is 23.4 Å². The molecule has 2 aromatic heterocycles. The third kappa shape index (κ3) is 3.94. The molecular weight excluding hydrogens is 400 g/mol. The van der Waals surface area contributed by atoms with Gasteiger partial charge in [0.15, 0.2) is 0 Å². The maximum absolute atomic E-state index is 12.0. The number of methoxy groups -OCH3 is 1. The lowest BCUT2D eigenvalue weighted by Crippen LogP contribution is -2.14. The van der Waals surface area contributed by atoms with Gasteiger partial charge < -0.3 is 19.6 Å². The Labute approximate surface area is 177 Å². The van der Waals surface area contributed by atoms with Crippen LogP contribution in [0, 0.1) is 13.8 Å².